The van der Waals surface area contributed by atoms with Gasteiger partial charge in [0.05, 0.1) is 11.8 Å². The maximum Gasteiger partial charge on any atom is 0.252 e. The number of aromatic nitrogens is 3. The lowest BCUT2D eigenvalue weighted by molar-refractivity contribution is 0.0952. The van der Waals surface area contributed by atoms with Gasteiger partial charge in [0.2, 0.25) is 0 Å². The van der Waals surface area contributed by atoms with E-state index in [0.29, 0.717) is 24.2 Å². The van der Waals surface area contributed by atoms with Gasteiger partial charge in [0.25, 0.3) is 5.91 Å². The Kier molecular flexibility index (Phi) is 3.66. The van der Waals surface area contributed by atoms with Gasteiger partial charge in [0.1, 0.15) is 0 Å². The van der Waals surface area contributed by atoms with Crippen molar-refractivity contribution < 1.29 is 9.90 Å². The first-order valence-electron chi connectivity index (χ1n) is 5.49. The number of aromatic amines is 1. The highest BCUT2D eigenvalue weighted by atomic mass is 16.2. The van der Waals surface area contributed by atoms with Crippen LogP contribution in [0.2, 0.25) is 0 Å². The van der Waals surface area contributed by atoms with E-state index in [4.69, 9.17) is 5.11 Å². The third-order valence-corrected chi connectivity index (χ3v) is 2.42. The fourth-order valence-corrected chi connectivity index (χ4v) is 1.50. The third-order valence-electron chi connectivity index (χ3n) is 2.42. The van der Waals surface area contributed by atoms with E-state index in [2.05, 4.69) is 20.5 Å². The fourth-order valence-electron chi connectivity index (χ4n) is 1.50. The van der Waals surface area contributed by atoms with E-state index in [1.807, 2.05) is 0 Å². The van der Waals surface area contributed by atoms with Crippen LogP contribution in [-0.4, -0.2) is 39.3 Å². The maximum absolute atomic E-state index is 11.7. The number of pyridine rings is 1. The molecule has 0 atom stereocenters. The van der Waals surface area contributed by atoms with E-state index >= 15 is 0 Å². The Morgan fingerprint density at radius 3 is 3.12 bits per heavy atom. The van der Waals surface area contributed by atoms with Crippen molar-refractivity contribution in [3.63, 3.8) is 0 Å². The number of hydrogen-bond acceptors (Lipinski definition) is 4. The molecule has 0 unspecified atom stereocenters. The first kappa shape index (κ1) is 11.5. The largest absolute Gasteiger partial charge is 0.396 e. The van der Waals surface area contributed by atoms with Crippen molar-refractivity contribution in [1.82, 2.24) is 20.5 Å². The number of amides is 1. The molecule has 0 aliphatic rings. The lowest BCUT2D eigenvalue weighted by Gasteiger charge is -2.03. The topological polar surface area (TPSA) is 90.9 Å². The van der Waals surface area contributed by atoms with Gasteiger partial charge < -0.3 is 10.4 Å². The molecule has 3 N–H and O–H groups in total. The van der Waals surface area contributed by atoms with E-state index < -0.39 is 0 Å². The quantitative estimate of drug-likeness (QED) is 0.655. The van der Waals surface area contributed by atoms with Gasteiger partial charge in [0, 0.05) is 24.7 Å². The first-order valence-corrected chi connectivity index (χ1v) is 5.49. The molecule has 2 heterocycles. The Morgan fingerprint density at radius 2 is 2.29 bits per heavy atom. The van der Waals surface area contributed by atoms with Crippen molar-refractivity contribution in [2.45, 2.75) is 12.8 Å². The number of unbranched alkanes of at least 4 members (excludes halogenated alkanes) is 1. The van der Waals surface area contributed by atoms with Crippen LogP contribution in [0.1, 0.15) is 23.2 Å². The van der Waals surface area contributed by atoms with Crippen molar-refractivity contribution in [2.24, 2.45) is 0 Å². The Morgan fingerprint density at radius 1 is 1.41 bits per heavy atom. The zero-order chi connectivity index (χ0) is 12.1. The second-order valence-corrected chi connectivity index (χ2v) is 3.72. The molecule has 0 spiro atoms. The van der Waals surface area contributed by atoms with Gasteiger partial charge in [0.15, 0.2) is 5.65 Å². The van der Waals surface area contributed by atoms with Crippen LogP contribution in [0.25, 0.3) is 11.0 Å². The van der Waals surface area contributed by atoms with Crippen molar-refractivity contribution >= 4 is 16.9 Å². The smallest absolute Gasteiger partial charge is 0.252 e. The predicted molar refractivity (Wildman–Crippen MR) is 62.5 cm³/mol. The van der Waals surface area contributed by atoms with Gasteiger partial charge in [-0.2, -0.15) is 5.10 Å². The van der Waals surface area contributed by atoms with Crippen LogP contribution >= 0.6 is 0 Å². The molecule has 90 valence electrons. The number of fused-ring (bicyclic) bond motifs is 1. The van der Waals surface area contributed by atoms with E-state index in [9.17, 15) is 4.79 Å². The summed E-state index contributed by atoms with van der Waals surface area (Å²) in [7, 11) is 0. The van der Waals surface area contributed by atoms with Crippen LogP contribution in [0.3, 0.4) is 0 Å². The first-order chi connectivity index (χ1) is 8.31. The molecule has 0 aromatic carbocycles. The lowest BCUT2D eigenvalue weighted by Crippen LogP contribution is -2.24. The van der Waals surface area contributed by atoms with Gasteiger partial charge in [-0.15, -0.1) is 0 Å². The summed E-state index contributed by atoms with van der Waals surface area (Å²) in [5.74, 6) is -0.154. The Hall–Kier alpha value is -1.95. The number of H-pyrrole nitrogens is 1. The summed E-state index contributed by atoms with van der Waals surface area (Å²) in [4.78, 5) is 15.8. The number of nitrogens with zero attached hydrogens (tertiary/aromatic N) is 2. The van der Waals surface area contributed by atoms with Gasteiger partial charge in [-0.25, -0.2) is 4.98 Å². The van der Waals surface area contributed by atoms with Gasteiger partial charge >= 0.3 is 0 Å². The molecule has 0 aliphatic heterocycles. The second-order valence-electron chi connectivity index (χ2n) is 3.72. The summed E-state index contributed by atoms with van der Waals surface area (Å²) in [6, 6.07) is 1.74. The van der Waals surface area contributed by atoms with Crippen LogP contribution in [-0.2, 0) is 0 Å². The van der Waals surface area contributed by atoms with Crippen LogP contribution in [0.4, 0.5) is 0 Å². The van der Waals surface area contributed by atoms with Crippen LogP contribution in [0.15, 0.2) is 18.5 Å². The average Bonchev–Trinajstić information content (AvgIpc) is 2.81. The van der Waals surface area contributed by atoms with E-state index in [0.717, 1.165) is 11.8 Å². The highest BCUT2D eigenvalue weighted by molar-refractivity contribution is 5.96. The van der Waals surface area contributed by atoms with Crippen LogP contribution in [0.5, 0.6) is 0 Å². The molecule has 0 aliphatic carbocycles. The maximum atomic E-state index is 11.7. The summed E-state index contributed by atoms with van der Waals surface area (Å²) in [6.07, 6.45) is 4.61. The minimum Gasteiger partial charge on any atom is -0.396 e. The van der Waals surface area contributed by atoms with Gasteiger partial charge in [-0.1, -0.05) is 0 Å². The summed E-state index contributed by atoms with van der Waals surface area (Å²) < 4.78 is 0. The molecular formula is C11H14N4O2. The molecule has 0 radical (unpaired) electrons. The number of nitrogens with one attached hydrogen (secondary N) is 2. The zero-order valence-electron chi connectivity index (χ0n) is 9.31. The molecule has 0 saturated carbocycles. The standard InChI is InChI=1S/C11H14N4O2/c16-4-2-1-3-12-11(17)9-5-8-7-14-15-10(8)13-6-9/h5-7,16H,1-4H2,(H,12,17)(H,13,14,15). The molecule has 0 saturated heterocycles. The number of aliphatic hydroxyl groups excluding tert-OH is 1. The van der Waals surface area contributed by atoms with E-state index in [1.54, 1.807) is 12.3 Å². The van der Waals surface area contributed by atoms with Crippen molar-refractivity contribution in [3.8, 4) is 0 Å². The molecule has 2 aromatic rings. The minimum atomic E-state index is -0.154. The normalized spacial score (nSPS) is 10.6. The zero-order valence-corrected chi connectivity index (χ0v) is 9.31. The summed E-state index contributed by atoms with van der Waals surface area (Å²) in [5, 5.41) is 18.8. The molecule has 6 nitrogen and oxygen atoms in total. The van der Waals surface area contributed by atoms with Crippen molar-refractivity contribution in [3.05, 3.63) is 24.0 Å². The predicted octanol–water partition coefficient (Wildman–Crippen LogP) is 0.460. The molecule has 17 heavy (non-hydrogen) atoms. The van der Waals surface area contributed by atoms with Crippen LogP contribution < -0.4 is 5.32 Å². The molecule has 0 fully saturated rings. The number of carbonyl (C=O) groups is 1. The Balaban J connectivity index is 1.98. The number of rotatable bonds is 5. The third kappa shape index (κ3) is 2.79. The number of hydrogen-bond donors (Lipinski definition) is 3. The van der Waals surface area contributed by atoms with Gasteiger partial charge in [-0.05, 0) is 18.9 Å². The second kappa shape index (κ2) is 5.40. The minimum absolute atomic E-state index is 0.151. The Labute approximate surface area is 98.1 Å². The lowest BCUT2D eigenvalue weighted by atomic mass is 10.2. The van der Waals surface area contributed by atoms with Crippen molar-refractivity contribution in [2.75, 3.05) is 13.2 Å². The number of carbonyl (C=O) groups excluding carboxylic acids is 1. The molecule has 2 aromatic heterocycles. The molecule has 2 rings (SSSR count). The summed E-state index contributed by atoms with van der Waals surface area (Å²) >= 11 is 0. The monoisotopic (exact) mass is 234 g/mol. The highest BCUT2D eigenvalue weighted by Crippen LogP contribution is 2.09. The summed E-state index contributed by atoms with van der Waals surface area (Å²) in [6.45, 7) is 0.710. The molecular weight excluding hydrogens is 220 g/mol. The number of aliphatic hydroxyl groups is 1. The average molecular weight is 234 g/mol. The highest BCUT2D eigenvalue weighted by Gasteiger charge is 2.07. The SMILES string of the molecule is O=C(NCCCCO)c1cnc2[nH]ncc2c1. The van der Waals surface area contributed by atoms with E-state index in [-0.39, 0.29) is 12.5 Å². The van der Waals surface area contributed by atoms with Gasteiger partial charge in [-0.3, -0.25) is 9.89 Å². The van der Waals surface area contributed by atoms with Crippen LogP contribution in [0, 0.1) is 0 Å². The van der Waals surface area contributed by atoms with Crippen molar-refractivity contribution in [1.29, 1.82) is 0 Å². The molecule has 1 amide bonds. The molecule has 0 bridgehead atoms. The Bertz CT molecular complexity index is 509. The summed E-state index contributed by atoms with van der Waals surface area (Å²) in [5.41, 5.74) is 1.18. The molecule has 6 heteroatoms. The fraction of sp³-hybridized carbons (Fsp3) is 0.364. The van der Waals surface area contributed by atoms with E-state index in [1.165, 1.54) is 6.20 Å².